The summed E-state index contributed by atoms with van der Waals surface area (Å²) in [5.41, 5.74) is -0.984. The van der Waals surface area contributed by atoms with E-state index >= 15 is 0 Å². The van der Waals surface area contributed by atoms with E-state index in [9.17, 15) is 14.7 Å². The molecule has 1 saturated carbocycles. The van der Waals surface area contributed by atoms with Crippen molar-refractivity contribution < 1.29 is 14.7 Å². The van der Waals surface area contributed by atoms with Crippen LogP contribution in [0.1, 0.15) is 59.3 Å². The zero-order chi connectivity index (χ0) is 15.6. The number of carbonyl (C=O) groups excluding carboxylic acids is 1. The summed E-state index contributed by atoms with van der Waals surface area (Å²) in [4.78, 5) is 28.2. The predicted molar refractivity (Wildman–Crippen MR) is 81.2 cm³/mol. The summed E-state index contributed by atoms with van der Waals surface area (Å²) >= 11 is 0. The number of hydrogen-bond donors (Lipinski definition) is 1. The molecule has 0 aromatic heterocycles. The standard InChI is InChI=1S/C16H28N2O3/c1-4-16(14(19)20)9-5-10-18(16)15(21)17(13-6-7-13)11-8-12(2)3/h12-13H,4-11H2,1-3H3,(H,19,20). The van der Waals surface area contributed by atoms with Crippen LogP contribution in [-0.4, -0.2) is 51.6 Å². The van der Waals surface area contributed by atoms with E-state index in [-0.39, 0.29) is 6.03 Å². The third-order valence-corrected chi connectivity index (χ3v) is 4.88. The molecule has 5 heteroatoms. The van der Waals surface area contributed by atoms with Gasteiger partial charge in [-0.1, -0.05) is 20.8 Å². The van der Waals surface area contributed by atoms with Crippen LogP contribution in [0.25, 0.3) is 0 Å². The van der Waals surface area contributed by atoms with Crippen molar-refractivity contribution in [3.05, 3.63) is 0 Å². The van der Waals surface area contributed by atoms with E-state index < -0.39 is 11.5 Å². The van der Waals surface area contributed by atoms with Crippen molar-refractivity contribution >= 4 is 12.0 Å². The lowest BCUT2D eigenvalue weighted by molar-refractivity contribution is -0.148. The Balaban J connectivity index is 2.13. The summed E-state index contributed by atoms with van der Waals surface area (Å²) in [6, 6.07) is 0.278. The molecular formula is C16H28N2O3. The minimum Gasteiger partial charge on any atom is -0.479 e. The van der Waals surface area contributed by atoms with Gasteiger partial charge in [-0.05, 0) is 44.4 Å². The maximum atomic E-state index is 12.9. The minimum atomic E-state index is -0.984. The molecule has 1 N–H and O–H groups in total. The molecule has 21 heavy (non-hydrogen) atoms. The molecule has 0 aromatic carbocycles. The highest BCUT2D eigenvalue weighted by Gasteiger charge is 2.50. The van der Waals surface area contributed by atoms with Gasteiger partial charge in [0.1, 0.15) is 5.54 Å². The number of amides is 2. The number of aliphatic carboxylic acids is 1. The van der Waals surface area contributed by atoms with Crippen LogP contribution in [-0.2, 0) is 4.79 Å². The zero-order valence-electron chi connectivity index (χ0n) is 13.5. The van der Waals surface area contributed by atoms with Crippen LogP contribution in [0, 0.1) is 5.92 Å². The van der Waals surface area contributed by atoms with Gasteiger partial charge in [0.25, 0.3) is 0 Å². The number of urea groups is 1. The Kier molecular flexibility index (Phi) is 4.79. The molecule has 1 aliphatic heterocycles. The molecule has 0 radical (unpaired) electrons. The third kappa shape index (κ3) is 3.16. The molecule has 2 amide bonds. The van der Waals surface area contributed by atoms with Gasteiger partial charge in [0, 0.05) is 19.1 Å². The lowest BCUT2D eigenvalue weighted by Gasteiger charge is -2.38. The zero-order valence-corrected chi connectivity index (χ0v) is 13.5. The first-order valence-corrected chi connectivity index (χ1v) is 8.24. The number of likely N-dealkylation sites (tertiary alicyclic amines) is 1. The molecule has 120 valence electrons. The van der Waals surface area contributed by atoms with Gasteiger partial charge in [-0.15, -0.1) is 0 Å². The maximum Gasteiger partial charge on any atom is 0.329 e. The third-order valence-electron chi connectivity index (χ3n) is 4.88. The van der Waals surface area contributed by atoms with Crippen LogP contribution in [0.5, 0.6) is 0 Å². The van der Waals surface area contributed by atoms with E-state index in [0.29, 0.717) is 31.3 Å². The van der Waals surface area contributed by atoms with Gasteiger partial charge in [-0.2, -0.15) is 0 Å². The normalized spacial score (nSPS) is 25.4. The smallest absolute Gasteiger partial charge is 0.329 e. The molecule has 1 aliphatic carbocycles. The van der Waals surface area contributed by atoms with E-state index in [4.69, 9.17) is 0 Å². The maximum absolute atomic E-state index is 12.9. The minimum absolute atomic E-state index is 0.0556. The molecule has 2 aliphatic rings. The van der Waals surface area contributed by atoms with Crippen LogP contribution in [0.2, 0.25) is 0 Å². The van der Waals surface area contributed by atoms with E-state index in [0.717, 1.165) is 32.2 Å². The Labute approximate surface area is 127 Å². The highest BCUT2D eigenvalue weighted by Crippen LogP contribution is 2.36. The number of carbonyl (C=O) groups is 2. The largest absolute Gasteiger partial charge is 0.479 e. The second kappa shape index (κ2) is 6.24. The summed E-state index contributed by atoms with van der Waals surface area (Å²) in [6.07, 6.45) is 4.94. The fourth-order valence-electron chi connectivity index (χ4n) is 3.27. The molecule has 2 rings (SSSR count). The number of carboxylic acids is 1. The number of rotatable bonds is 6. The van der Waals surface area contributed by atoms with Crippen molar-refractivity contribution in [2.75, 3.05) is 13.1 Å². The van der Waals surface area contributed by atoms with Crippen molar-refractivity contribution in [1.82, 2.24) is 9.80 Å². The van der Waals surface area contributed by atoms with Crippen LogP contribution in [0.15, 0.2) is 0 Å². The Bertz CT molecular complexity index is 406. The average molecular weight is 296 g/mol. The average Bonchev–Trinajstić information content (AvgIpc) is 3.16. The summed E-state index contributed by atoms with van der Waals surface area (Å²) in [7, 11) is 0. The number of carboxylic acid groups (broad SMARTS) is 1. The van der Waals surface area contributed by atoms with Crippen LogP contribution in [0.3, 0.4) is 0 Å². The van der Waals surface area contributed by atoms with Crippen molar-refractivity contribution in [3.8, 4) is 0 Å². The molecular weight excluding hydrogens is 268 g/mol. The quantitative estimate of drug-likeness (QED) is 0.819. The Hall–Kier alpha value is -1.26. The SMILES string of the molecule is CCC1(C(=O)O)CCCN1C(=O)N(CCC(C)C)C1CC1. The summed E-state index contributed by atoms with van der Waals surface area (Å²) in [5, 5.41) is 9.62. The molecule has 0 spiro atoms. The van der Waals surface area contributed by atoms with Gasteiger partial charge in [0.2, 0.25) is 0 Å². The first-order chi connectivity index (χ1) is 9.92. The molecule has 0 bridgehead atoms. The van der Waals surface area contributed by atoms with E-state index in [1.807, 2.05) is 11.8 Å². The first-order valence-electron chi connectivity index (χ1n) is 8.24. The van der Waals surface area contributed by atoms with Gasteiger partial charge < -0.3 is 14.9 Å². The molecule has 1 unspecified atom stereocenters. The van der Waals surface area contributed by atoms with E-state index in [1.54, 1.807) is 4.90 Å². The van der Waals surface area contributed by atoms with Crippen molar-refractivity contribution in [1.29, 1.82) is 0 Å². The highest BCUT2D eigenvalue weighted by molar-refractivity contribution is 5.87. The van der Waals surface area contributed by atoms with Gasteiger partial charge in [0.15, 0.2) is 0 Å². The molecule has 0 aromatic rings. The van der Waals surface area contributed by atoms with Gasteiger partial charge in [-0.3, -0.25) is 0 Å². The predicted octanol–water partition coefficient (Wildman–Crippen LogP) is 2.95. The Morgan fingerprint density at radius 3 is 2.52 bits per heavy atom. The van der Waals surface area contributed by atoms with Crippen LogP contribution >= 0.6 is 0 Å². The lowest BCUT2D eigenvalue weighted by atomic mass is 9.93. The van der Waals surface area contributed by atoms with Crippen molar-refractivity contribution in [2.24, 2.45) is 5.92 Å². The topological polar surface area (TPSA) is 60.9 Å². The molecule has 1 saturated heterocycles. The molecule has 2 fully saturated rings. The summed E-state index contributed by atoms with van der Waals surface area (Å²) in [6.45, 7) is 7.49. The van der Waals surface area contributed by atoms with E-state index in [2.05, 4.69) is 13.8 Å². The summed E-state index contributed by atoms with van der Waals surface area (Å²) in [5.74, 6) is -0.302. The fraction of sp³-hybridized carbons (Fsp3) is 0.875. The van der Waals surface area contributed by atoms with Crippen LogP contribution < -0.4 is 0 Å². The van der Waals surface area contributed by atoms with Gasteiger partial charge >= 0.3 is 12.0 Å². The van der Waals surface area contributed by atoms with Crippen molar-refractivity contribution in [2.45, 2.75) is 70.9 Å². The number of nitrogens with zero attached hydrogens (tertiary/aromatic N) is 2. The molecule has 5 nitrogen and oxygen atoms in total. The molecule has 1 heterocycles. The van der Waals surface area contributed by atoms with Gasteiger partial charge in [-0.25, -0.2) is 9.59 Å². The number of hydrogen-bond acceptors (Lipinski definition) is 2. The van der Waals surface area contributed by atoms with Crippen LogP contribution in [0.4, 0.5) is 4.79 Å². The van der Waals surface area contributed by atoms with Gasteiger partial charge in [0.05, 0.1) is 0 Å². The second-order valence-corrected chi connectivity index (χ2v) is 6.84. The monoisotopic (exact) mass is 296 g/mol. The summed E-state index contributed by atoms with van der Waals surface area (Å²) < 4.78 is 0. The molecule has 1 atom stereocenters. The Morgan fingerprint density at radius 1 is 1.38 bits per heavy atom. The van der Waals surface area contributed by atoms with E-state index in [1.165, 1.54) is 0 Å². The second-order valence-electron chi connectivity index (χ2n) is 6.84. The Morgan fingerprint density at radius 2 is 2.05 bits per heavy atom. The van der Waals surface area contributed by atoms with Crippen molar-refractivity contribution in [3.63, 3.8) is 0 Å². The fourth-order valence-corrected chi connectivity index (χ4v) is 3.27. The highest BCUT2D eigenvalue weighted by atomic mass is 16.4. The first kappa shape index (κ1) is 16.1. The lowest BCUT2D eigenvalue weighted by Crippen LogP contribution is -2.57.